The Bertz CT molecular complexity index is 4410. The number of benzene rings is 14. The van der Waals surface area contributed by atoms with Gasteiger partial charge in [0.1, 0.15) is 11.2 Å². The lowest BCUT2D eigenvalue weighted by Gasteiger charge is -2.22. The van der Waals surface area contributed by atoms with E-state index in [1.807, 2.05) is 0 Å². The fourth-order valence-electron chi connectivity index (χ4n) is 11.8. The third-order valence-electron chi connectivity index (χ3n) is 14.5. The molecule has 0 radical (unpaired) electrons. The van der Waals surface area contributed by atoms with Gasteiger partial charge in [0.2, 0.25) is 0 Å². The molecule has 0 fully saturated rings. The summed E-state index contributed by atoms with van der Waals surface area (Å²) in [5.74, 6) is 0. The van der Waals surface area contributed by atoms with E-state index < -0.39 is 0 Å². The van der Waals surface area contributed by atoms with Gasteiger partial charge in [0.05, 0.1) is 0 Å². The Morgan fingerprint density at radius 2 is 0.585 bits per heavy atom. The SMILES string of the molecule is c1ccc2c(c1)ccc1ccc(-c3c4ccccc4c(-c4c5ccccc5c(-c5ccc6oc7c8cccc9ccc%10cccc(c7c6c5)c%10c98)c5ccccc45)c4ccccc34)cc12. The van der Waals surface area contributed by atoms with Gasteiger partial charge in [-0.1, -0.05) is 200 Å². The Morgan fingerprint density at radius 1 is 0.215 bits per heavy atom. The van der Waals surface area contributed by atoms with Crippen molar-refractivity contribution in [3.05, 3.63) is 218 Å². The smallest absolute Gasteiger partial charge is 0.143 e. The van der Waals surface area contributed by atoms with E-state index in [0.29, 0.717) is 0 Å². The van der Waals surface area contributed by atoms with Crippen molar-refractivity contribution < 1.29 is 4.42 Å². The van der Waals surface area contributed by atoms with Gasteiger partial charge in [-0.3, -0.25) is 0 Å². The molecule has 0 amide bonds. The zero-order chi connectivity index (χ0) is 42.3. The molecule has 0 aliphatic heterocycles. The number of furan rings is 1. The maximum Gasteiger partial charge on any atom is 0.143 e. The highest BCUT2D eigenvalue weighted by atomic mass is 16.3. The van der Waals surface area contributed by atoms with E-state index in [2.05, 4.69) is 218 Å². The third-order valence-corrected chi connectivity index (χ3v) is 14.5. The summed E-state index contributed by atoms with van der Waals surface area (Å²) in [6, 6.07) is 81.2. The van der Waals surface area contributed by atoms with Crippen molar-refractivity contribution in [2.45, 2.75) is 0 Å². The monoisotopic (exact) mass is 820 g/mol. The number of fused-ring (bicyclic) bond motifs is 12. The molecule has 65 heavy (non-hydrogen) atoms. The van der Waals surface area contributed by atoms with Crippen LogP contribution in [-0.2, 0) is 0 Å². The van der Waals surface area contributed by atoms with Gasteiger partial charge in [-0.25, -0.2) is 0 Å². The lowest BCUT2D eigenvalue weighted by atomic mass is 9.81. The molecule has 1 heteroatoms. The summed E-state index contributed by atoms with van der Waals surface area (Å²) in [6.45, 7) is 0. The summed E-state index contributed by atoms with van der Waals surface area (Å²) < 4.78 is 6.87. The van der Waals surface area contributed by atoms with Crippen molar-refractivity contribution in [3.63, 3.8) is 0 Å². The maximum atomic E-state index is 6.87. The Balaban J connectivity index is 1.03. The van der Waals surface area contributed by atoms with E-state index in [0.717, 1.165) is 16.6 Å². The molecule has 1 heterocycles. The average molecular weight is 821 g/mol. The molecule has 0 N–H and O–H groups in total. The first-order valence-corrected chi connectivity index (χ1v) is 22.6. The maximum absolute atomic E-state index is 6.87. The van der Waals surface area contributed by atoms with Crippen molar-refractivity contribution >= 4 is 119 Å². The third kappa shape index (κ3) is 4.77. The molecule has 0 aliphatic carbocycles. The van der Waals surface area contributed by atoms with Crippen molar-refractivity contribution in [1.82, 2.24) is 0 Å². The Morgan fingerprint density at radius 3 is 1.14 bits per heavy atom. The lowest BCUT2D eigenvalue weighted by Crippen LogP contribution is -1.94. The normalized spacial score (nSPS) is 12.3. The second-order valence-electron chi connectivity index (χ2n) is 17.8. The minimum atomic E-state index is 0.906. The van der Waals surface area contributed by atoms with E-state index in [-0.39, 0.29) is 0 Å². The van der Waals surface area contributed by atoms with Gasteiger partial charge in [0.25, 0.3) is 0 Å². The van der Waals surface area contributed by atoms with Crippen molar-refractivity contribution in [1.29, 1.82) is 0 Å². The largest absolute Gasteiger partial charge is 0.455 e. The Hall–Kier alpha value is -8.52. The van der Waals surface area contributed by atoms with E-state index in [9.17, 15) is 0 Å². The fourth-order valence-corrected chi connectivity index (χ4v) is 11.8. The van der Waals surface area contributed by atoms with Crippen LogP contribution in [0.5, 0.6) is 0 Å². The fraction of sp³-hybridized carbons (Fsp3) is 0. The quantitative estimate of drug-likeness (QED) is 0.128. The first kappa shape index (κ1) is 35.0. The van der Waals surface area contributed by atoms with Crippen LogP contribution in [0.1, 0.15) is 0 Å². The van der Waals surface area contributed by atoms with Crippen molar-refractivity contribution in [2.75, 3.05) is 0 Å². The number of rotatable bonds is 3. The zero-order valence-electron chi connectivity index (χ0n) is 35.2. The number of hydrogen-bond acceptors (Lipinski definition) is 1. The van der Waals surface area contributed by atoms with Crippen LogP contribution in [0, 0.1) is 0 Å². The molecule has 14 aromatic carbocycles. The minimum absolute atomic E-state index is 0.906. The van der Waals surface area contributed by atoms with Crippen LogP contribution in [0.4, 0.5) is 0 Å². The lowest BCUT2D eigenvalue weighted by molar-refractivity contribution is 0.673. The molecular weight excluding hydrogens is 785 g/mol. The molecule has 1 aromatic heterocycles. The summed E-state index contributed by atoms with van der Waals surface area (Å²) in [7, 11) is 0. The van der Waals surface area contributed by atoms with Gasteiger partial charge in [-0.05, 0) is 138 Å². The molecule has 0 unspecified atom stereocenters. The molecule has 1 nitrogen and oxygen atoms in total. The summed E-state index contributed by atoms with van der Waals surface area (Å²) in [5, 5.41) is 24.8. The van der Waals surface area contributed by atoms with Gasteiger partial charge in [-0.15, -0.1) is 0 Å². The molecule has 0 bridgehead atoms. The molecule has 0 saturated carbocycles. The second kappa shape index (κ2) is 13.0. The van der Waals surface area contributed by atoms with Crippen molar-refractivity contribution in [2.24, 2.45) is 0 Å². The minimum Gasteiger partial charge on any atom is -0.455 e. The van der Waals surface area contributed by atoms with Gasteiger partial charge >= 0.3 is 0 Å². The van der Waals surface area contributed by atoms with Crippen LogP contribution in [0.2, 0.25) is 0 Å². The first-order valence-electron chi connectivity index (χ1n) is 22.6. The first-order chi connectivity index (χ1) is 32.3. The standard InChI is InChI=1S/C64H36O/c1-2-16-43-37(13-1)27-28-38-29-32-41(35-54(38)43)57-44-17-3-7-21-48(44)61(49-22-8-4-18-45(49)57)62-50-23-9-5-19-46(50)58(47-20-6-10-24-51(47)62)42-33-34-56-55(36-42)63-52-25-11-14-39-30-31-40-15-12-26-53(64(63)65-56)60(40)59(39)52/h1-36H. The van der Waals surface area contributed by atoms with Crippen LogP contribution < -0.4 is 0 Å². The highest BCUT2D eigenvalue weighted by Gasteiger charge is 2.24. The second-order valence-corrected chi connectivity index (χ2v) is 17.8. The summed E-state index contributed by atoms with van der Waals surface area (Å²) in [6.07, 6.45) is 0. The van der Waals surface area contributed by atoms with Gasteiger partial charge in [0, 0.05) is 21.5 Å². The van der Waals surface area contributed by atoms with E-state index in [4.69, 9.17) is 4.42 Å². The molecule has 298 valence electrons. The summed E-state index contributed by atoms with van der Waals surface area (Å²) >= 11 is 0. The zero-order valence-corrected chi connectivity index (χ0v) is 35.2. The van der Waals surface area contributed by atoms with Crippen LogP contribution in [0.25, 0.3) is 152 Å². The van der Waals surface area contributed by atoms with Crippen LogP contribution in [-0.4, -0.2) is 0 Å². The summed E-state index contributed by atoms with van der Waals surface area (Å²) in [5.41, 5.74) is 9.31. The molecule has 0 aliphatic rings. The number of hydrogen-bond donors (Lipinski definition) is 0. The molecule has 0 saturated heterocycles. The van der Waals surface area contributed by atoms with Gasteiger partial charge in [-0.2, -0.15) is 0 Å². The average Bonchev–Trinajstić information content (AvgIpc) is 3.76. The molecule has 0 atom stereocenters. The van der Waals surface area contributed by atoms with E-state index in [1.54, 1.807) is 0 Å². The van der Waals surface area contributed by atoms with Crippen LogP contribution >= 0.6 is 0 Å². The predicted molar refractivity (Wildman–Crippen MR) is 279 cm³/mol. The topological polar surface area (TPSA) is 13.1 Å². The molecule has 0 spiro atoms. The van der Waals surface area contributed by atoms with Crippen LogP contribution in [0.15, 0.2) is 223 Å². The van der Waals surface area contributed by atoms with Crippen molar-refractivity contribution in [3.8, 4) is 33.4 Å². The van der Waals surface area contributed by atoms with Crippen LogP contribution in [0.3, 0.4) is 0 Å². The van der Waals surface area contributed by atoms with Gasteiger partial charge in [0.15, 0.2) is 0 Å². The Kier molecular flexibility index (Phi) is 7.01. The Labute approximate surface area is 373 Å². The highest BCUT2D eigenvalue weighted by Crippen LogP contribution is 2.51. The van der Waals surface area contributed by atoms with Gasteiger partial charge < -0.3 is 4.42 Å². The van der Waals surface area contributed by atoms with E-state index in [1.165, 1.54) is 136 Å². The molecule has 15 aromatic rings. The molecular formula is C64H36O. The molecule has 15 rings (SSSR count). The highest BCUT2D eigenvalue weighted by molar-refractivity contribution is 6.37. The predicted octanol–water partition coefficient (Wildman–Crippen LogP) is 18.4. The van der Waals surface area contributed by atoms with E-state index >= 15 is 0 Å². The summed E-state index contributed by atoms with van der Waals surface area (Å²) in [4.78, 5) is 0.